The Kier molecular flexibility index (Phi) is 7.10. The van der Waals surface area contributed by atoms with E-state index >= 15 is 0 Å². The van der Waals surface area contributed by atoms with Gasteiger partial charge in [0.05, 0.1) is 17.2 Å². The first-order valence-electron chi connectivity index (χ1n) is 10.3. The van der Waals surface area contributed by atoms with Gasteiger partial charge in [0.15, 0.2) is 5.82 Å². The molecule has 2 atom stereocenters. The van der Waals surface area contributed by atoms with Crippen molar-refractivity contribution < 1.29 is 24.3 Å². The normalized spacial score (nSPS) is 16.6. The molecule has 0 saturated carbocycles. The number of hydrogen-bond donors (Lipinski definition) is 4. The molecule has 11 heteroatoms. The number of hydroxylamine groups is 1. The largest absolute Gasteiger partial charge is 0.474 e. The third-order valence-electron chi connectivity index (χ3n) is 4.94. The molecule has 0 spiro atoms. The van der Waals surface area contributed by atoms with Gasteiger partial charge in [0, 0.05) is 24.4 Å². The lowest BCUT2D eigenvalue weighted by Crippen LogP contribution is -2.34. The third kappa shape index (κ3) is 6.15. The number of carbonyl (C=O) groups excluding carboxylic acids is 2. The predicted molar refractivity (Wildman–Crippen MR) is 118 cm³/mol. The van der Waals surface area contributed by atoms with Crippen molar-refractivity contribution in [2.24, 2.45) is 5.92 Å². The number of hydrogen-bond acceptors (Lipinski definition) is 9. The number of nitrogens with zero attached hydrogens (tertiary/aromatic N) is 3. The standard InChI is InChI=1S/C22H26N6O5/c1-12(15-8-16(29)25-10-15)33-21-17(20(30)28-32-11-22(2,3)31)18(24)26-19(27-21)14-6-4-5-13(7-14)9-23/h4-7,12,15,31H,8,10-11H2,1-3H3,(H,25,29)(H,28,30)(H2,24,26,27)/t12-,15-/m1/s1. The van der Waals surface area contributed by atoms with E-state index in [1.54, 1.807) is 31.2 Å². The summed E-state index contributed by atoms with van der Waals surface area (Å²) in [5, 5.41) is 21.7. The van der Waals surface area contributed by atoms with E-state index in [0.717, 1.165) is 0 Å². The number of amides is 2. The van der Waals surface area contributed by atoms with E-state index in [9.17, 15) is 20.0 Å². The number of carbonyl (C=O) groups is 2. The van der Waals surface area contributed by atoms with Crippen LogP contribution >= 0.6 is 0 Å². The van der Waals surface area contributed by atoms with Crippen molar-refractivity contribution in [2.45, 2.75) is 38.9 Å². The van der Waals surface area contributed by atoms with Crippen LogP contribution in [-0.2, 0) is 9.63 Å². The zero-order valence-electron chi connectivity index (χ0n) is 18.6. The van der Waals surface area contributed by atoms with Crippen LogP contribution in [0.1, 0.15) is 43.1 Å². The summed E-state index contributed by atoms with van der Waals surface area (Å²) in [5.74, 6) is -1.03. The molecule has 1 aromatic carbocycles. The highest BCUT2D eigenvalue weighted by Crippen LogP contribution is 2.29. The minimum Gasteiger partial charge on any atom is -0.474 e. The van der Waals surface area contributed by atoms with Gasteiger partial charge in [-0.1, -0.05) is 12.1 Å². The molecule has 1 saturated heterocycles. The Bertz CT molecular complexity index is 1090. The molecular weight excluding hydrogens is 428 g/mol. The molecule has 0 aliphatic carbocycles. The van der Waals surface area contributed by atoms with Crippen molar-refractivity contribution in [3.05, 3.63) is 35.4 Å². The average molecular weight is 454 g/mol. The number of aromatic nitrogens is 2. The average Bonchev–Trinajstić information content (AvgIpc) is 3.19. The lowest BCUT2D eigenvalue weighted by molar-refractivity contribution is -0.119. The number of rotatable bonds is 8. The number of nitriles is 1. The van der Waals surface area contributed by atoms with E-state index in [0.29, 0.717) is 17.7 Å². The van der Waals surface area contributed by atoms with E-state index in [1.807, 2.05) is 6.07 Å². The molecule has 1 aromatic heterocycles. The van der Waals surface area contributed by atoms with Crippen LogP contribution in [0.4, 0.5) is 5.82 Å². The molecule has 0 bridgehead atoms. The zero-order valence-corrected chi connectivity index (χ0v) is 18.6. The summed E-state index contributed by atoms with van der Waals surface area (Å²) < 4.78 is 5.99. The number of aliphatic hydroxyl groups is 1. The minimum atomic E-state index is -1.17. The first-order valence-corrected chi connectivity index (χ1v) is 10.3. The van der Waals surface area contributed by atoms with Crippen molar-refractivity contribution in [2.75, 3.05) is 18.9 Å². The number of benzene rings is 1. The number of nitrogens with two attached hydrogens (primary N) is 1. The van der Waals surface area contributed by atoms with Crippen LogP contribution in [0.15, 0.2) is 24.3 Å². The Balaban J connectivity index is 1.95. The van der Waals surface area contributed by atoms with E-state index in [-0.39, 0.29) is 47.9 Å². The van der Waals surface area contributed by atoms with Gasteiger partial charge in [-0.05, 0) is 32.9 Å². The van der Waals surface area contributed by atoms with E-state index in [2.05, 4.69) is 20.8 Å². The monoisotopic (exact) mass is 454 g/mol. The fourth-order valence-electron chi connectivity index (χ4n) is 3.17. The smallest absolute Gasteiger partial charge is 0.284 e. The van der Waals surface area contributed by atoms with Crippen LogP contribution in [-0.4, -0.2) is 51.7 Å². The topological polar surface area (TPSA) is 172 Å². The second-order valence-electron chi connectivity index (χ2n) is 8.43. The summed E-state index contributed by atoms with van der Waals surface area (Å²) in [6.45, 7) is 5.09. The van der Waals surface area contributed by atoms with Crippen molar-refractivity contribution in [1.29, 1.82) is 5.26 Å². The first-order chi connectivity index (χ1) is 15.6. The van der Waals surface area contributed by atoms with Gasteiger partial charge in [0.2, 0.25) is 11.8 Å². The minimum absolute atomic E-state index is 0.0790. The van der Waals surface area contributed by atoms with Crippen molar-refractivity contribution in [3.63, 3.8) is 0 Å². The molecule has 2 amide bonds. The summed E-state index contributed by atoms with van der Waals surface area (Å²) in [6, 6.07) is 8.66. The summed E-state index contributed by atoms with van der Waals surface area (Å²) in [4.78, 5) is 38.1. The highest BCUT2D eigenvalue weighted by molar-refractivity contribution is 6.00. The lowest BCUT2D eigenvalue weighted by atomic mass is 10.0. The number of anilines is 1. The Labute approximate surface area is 190 Å². The summed E-state index contributed by atoms with van der Waals surface area (Å²) in [6.07, 6.45) is -0.185. The van der Waals surface area contributed by atoms with Crippen molar-refractivity contribution in [1.82, 2.24) is 20.8 Å². The summed E-state index contributed by atoms with van der Waals surface area (Å²) in [5.41, 5.74) is 7.94. The summed E-state index contributed by atoms with van der Waals surface area (Å²) in [7, 11) is 0. The predicted octanol–water partition coefficient (Wildman–Crippen LogP) is 0.933. The van der Waals surface area contributed by atoms with Gasteiger partial charge in [0.1, 0.15) is 24.1 Å². The Morgan fingerprint density at radius 2 is 2.21 bits per heavy atom. The molecule has 2 heterocycles. The van der Waals surface area contributed by atoms with Crippen LogP contribution in [0.25, 0.3) is 11.4 Å². The number of nitrogen functional groups attached to an aromatic ring is 1. The SMILES string of the molecule is C[C@@H](Oc1nc(-c2cccc(C#N)c2)nc(N)c1C(=O)NOCC(C)(C)O)[C@H]1CNC(=O)C1. The van der Waals surface area contributed by atoms with Gasteiger partial charge in [-0.15, -0.1) is 0 Å². The van der Waals surface area contributed by atoms with Gasteiger partial charge in [-0.3, -0.25) is 14.4 Å². The first kappa shape index (κ1) is 23.9. The maximum atomic E-state index is 12.8. The van der Waals surface area contributed by atoms with E-state index in [1.165, 1.54) is 13.8 Å². The number of nitrogens with one attached hydrogen (secondary N) is 2. The van der Waals surface area contributed by atoms with Crippen LogP contribution in [0.2, 0.25) is 0 Å². The fraction of sp³-hybridized carbons (Fsp3) is 0.409. The number of ether oxygens (including phenoxy) is 1. The summed E-state index contributed by atoms with van der Waals surface area (Å²) >= 11 is 0. The Morgan fingerprint density at radius 1 is 1.45 bits per heavy atom. The maximum Gasteiger partial charge on any atom is 0.284 e. The maximum absolute atomic E-state index is 12.8. The van der Waals surface area contributed by atoms with Crippen LogP contribution in [0, 0.1) is 17.2 Å². The van der Waals surface area contributed by atoms with Crippen LogP contribution in [0.3, 0.4) is 0 Å². The second kappa shape index (κ2) is 9.81. The molecule has 1 aliphatic heterocycles. The molecular formula is C22H26N6O5. The van der Waals surface area contributed by atoms with Crippen molar-refractivity contribution in [3.8, 4) is 23.3 Å². The molecule has 5 N–H and O–H groups in total. The molecule has 1 fully saturated rings. The second-order valence-corrected chi connectivity index (χ2v) is 8.43. The molecule has 33 heavy (non-hydrogen) atoms. The Hall–Kier alpha value is -3.75. The van der Waals surface area contributed by atoms with Gasteiger partial charge in [0.25, 0.3) is 5.91 Å². The molecule has 0 radical (unpaired) electrons. The fourth-order valence-corrected chi connectivity index (χ4v) is 3.17. The highest BCUT2D eigenvalue weighted by Gasteiger charge is 2.31. The molecule has 2 aromatic rings. The zero-order chi connectivity index (χ0) is 24.2. The van der Waals surface area contributed by atoms with E-state index in [4.69, 9.17) is 15.3 Å². The lowest BCUT2D eigenvalue weighted by Gasteiger charge is -2.22. The van der Waals surface area contributed by atoms with Gasteiger partial charge in [-0.25, -0.2) is 10.5 Å². The van der Waals surface area contributed by atoms with E-state index < -0.39 is 17.6 Å². The molecule has 11 nitrogen and oxygen atoms in total. The molecule has 3 rings (SSSR count). The van der Waals surface area contributed by atoms with Crippen LogP contribution < -0.4 is 21.3 Å². The molecule has 1 aliphatic rings. The van der Waals surface area contributed by atoms with Gasteiger partial charge < -0.3 is 20.9 Å². The molecule has 174 valence electrons. The quantitative estimate of drug-likeness (QED) is 0.423. The van der Waals surface area contributed by atoms with Crippen molar-refractivity contribution >= 4 is 17.6 Å². The van der Waals surface area contributed by atoms with Gasteiger partial charge >= 0.3 is 0 Å². The molecule has 0 unspecified atom stereocenters. The van der Waals surface area contributed by atoms with Gasteiger partial charge in [-0.2, -0.15) is 10.2 Å². The highest BCUT2D eigenvalue weighted by atomic mass is 16.7. The Morgan fingerprint density at radius 3 is 2.85 bits per heavy atom. The van der Waals surface area contributed by atoms with Crippen LogP contribution in [0.5, 0.6) is 5.88 Å². The third-order valence-corrected chi connectivity index (χ3v) is 4.94.